The molecule has 1 saturated heterocycles. The lowest BCUT2D eigenvalue weighted by Crippen LogP contribution is -2.41. The summed E-state index contributed by atoms with van der Waals surface area (Å²) in [5.41, 5.74) is 0.860. The summed E-state index contributed by atoms with van der Waals surface area (Å²) in [5.74, 6) is 1.05. The van der Waals surface area contributed by atoms with Crippen LogP contribution in [0.15, 0.2) is 59.8 Å². The highest BCUT2D eigenvalue weighted by Crippen LogP contribution is 2.28. The summed E-state index contributed by atoms with van der Waals surface area (Å²) >= 11 is 1.38. The maximum Gasteiger partial charge on any atom is 0.235 e. The van der Waals surface area contributed by atoms with Crippen LogP contribution in [0.2, 0.25) is 0 Å². The van der Waals surface area contributed by atoms with Crippen LogP contribution in [0.1, 0.15) is 32.5 Å². The predicted molar refractivity (Wildman–Crippen MR) is 122 cm³/mol. The van der Waals surface area contributed by atoms with Crippen LogP contribution in [-0.2, 0) is 11.4 Å². The van der Waals surface area contributed by atoms with Gasteiger partial charge in [-0.3, -0.25) is 9.36 Å². The lowest BCUT2D eigenvalue weighted by atomic mass is 9.99. The number of hydrogen-bond donors (Lipinski definition) is 0. The van der Waals surface area contributed by atoms with Crippen LogP contribution in [0.3, 0.4) is 0 Å². The van der Waals surface area contributed by atoms with E-state index in [4.69, 9.17) is 4.74 Å². The number of ether oxygens (including phenoxy) is 1. The van der Waals surface area contributed by atoms with E-state index in [9.17, 15) is 9.18 Å². The van der Waals surface area contributed by atoms with Crippen LogP contribution < -0.4 is 4.74 Å². The van der Waals surface area contributed by atoms with Crippen LogP contribution in [0.4, 0.5) is 4.39 Å². The summed E-state index contributed by atoms with van der Waals surface area (Å²) in [4.78, 5) is 14.9. The van der Waals surface area contributed by atoms with Crippen molar-refractivity contribution in [2.24, 2.45) is 5.92 Å². The SMILES string of the molecule is CC1CCN(C(=O)[C@H](C)Sc2nnc(COc3ccccc3F)n2-c2ccccc2)CC1. The van der Waals surface area contributed by atoms with Gasteiger partial charge in [-0.25, -0.2) is 4.39 Å². The molecule has 168 valence electrons. The number of carbonyl (C=O) groups is 1. The van der Waals surface area contributed by atoms with Crippen molar-refractivity contribution in [2.45, 2.75) is 43.7 Å². The molecule has 32 heavy (non-hydrogen) atoms. The lowest BCUT2D eigenvalue weighted by molar-refractivity contribution is -0.131. The zero-order valence-electron chi connectivity index (χ0n) is 18.3. The number of amides is 1. The Morgan fingerprint density at radius 1 is 1.12 bits per heavy atom. The third-order valence-corrected chi connectivity index (χ3v) is 6.66. The van der Waals surface area contributed by atoms with E-state index in [1.54, 1.807) is 18.2 Å². The molecular weight excluding hydrogens is 427 g/mol. The third kappa shape index (κ3) is 5.12. The molecular formula is C24H27FN4O2S. The summed E-state index contributed by atoms with van der Waals surface area (Å²) in [7, 11) is 0. The number of nitrogens with zero attached hydrogens (tertiary/aromatic N) is 4. The molecule has 6 nitrogen and oxygen atoms in total. The van der Waals surface area contributed by atoms with Gasteiger partial charge in [0.25, 0.3) is 0 Å². The van der Waals surface area contributed by atoms with Gasteiger partial charge in [-0.05, 0) is 49.9 Å². The molecule has 1 aromatic heterocycles. The Balaban J connectivity index is 1.54. The molecule has 8 heteroatoms. The van der Waals surface area contributed by atoms with Crippen molar-refractivity contribution in [3.63, 3.8) is 0 Å². The number of hydrogen-bond acceptors (Lipinski definition) is 5. The molecule has 2 aromatic carbocycles. The number of likely N-dealkylation sites (tertiary alicyclic amines) is 1. The minimum absolute atomic E-state index is 0.0513. The second kappa shape index (κ2) is 10.2. The molecule has 1 aliphatic rings. The summed E-state index contributed by atoms with van der Waals surface area (Å²) in [6.45, 7) is 5.80. The van der Waals surface area contributed by atoms with Crippen molar-refractivity contribution < 1.29 is 13.9 Å². The molecule has 3 aromatic rings. The molecule has 0 aliphatic carbocycles. The first-order valence-electron chi connectivity index (χ1n) is 10.9. The van der Waals surface area contributed by atoms with E-state index in [0.29, 0.717) is 16.9 Å². The van der Waals surface area contributed by atoms with Gasteiger partial charge in [-0.2, -0.15) is 0 Å². The van der Waals surface area contributed by atoms with Gasteiger partial charge in [0.05, 0.1) is 5.25 Å². The third-order valence-electron chi connectivity index (χ3n) is 5.63. The van der Waals surface area contributed by atoms with Gasteiger partial charge < -0.3 is 9.64 Å². The van der Waals surface area contributed by atoms with Crippen LogP contribution in [0.25, 0.3) is 5.69 Å². The summed E-state index contributed by atoms with van der Waals surface area (Å²) in [6, 6.07) is 15.9. The number of aromatic nitrogens is 3. The van der Waals surface area contributed by atoms with Gasteiger partial charge in [0, 0.05) is 18.8 Å². The molecule has 0 N–H and O–H groups in total. The minimum atomic E-state index is -0.428. The molecule has 2 heterocycles. The summed E-state index contributed by atoms with van der Waals surface area (Å²) < 4.78 is 21.5. The van der Waals surface area contributed by atoms with Crippen molar-refractivity contribution in [3.05, 3.63) is 66.2 Å². The Morgan fingerprint density at radius 3 is 2.53 bits per heavy atom. The van der Waals surface area contributed by atoms with E-state index in [0.717, 1.165) is 31.6 Å². The van der Waals surface area contributed by atoms with Gasteiger partial charge in [0.2, 0.25) is 5.91 Å². The van der Waals surface area contributed by atoms with Crippen molar-refractivity contribution in [1.29, 1.82) is 0 Å². The quantitative estimate of drug-likeness (QED) is 0.483. The number of benzene rings is 2. The first kappa shape index (κ1) is 22.3. The average Bonchev–Trinajstić information content (AvgIpc) is 3.21. The highest BCUT2D eigenvalue weighted by atomic mass is 32.2. The Bertz CT molecular complexity index is 1050. The highest BCUT2D eigenvalue weighted by molar-refractivity contribution is 8.00. The van der Waals surface area contributed by atoms with Crippen LogP contribution >= 0.6 is 11.8 Å². The summed E-state index contributed by atoms with van der Waals surface area (Å²) in [5, 5.41) is 8.94. The molecule has 0 unspecified atom stereocenters. The molecule has 0 saturated carbocycles. The van der Waals surface area contributed by atoms with Crippen LogP contribution in [-0.4, -0.2) is 43.9 Å². The molecule has 1 aliphatic heterocycles. The number of rotatable bonds is 7. The number of carbonyl (C=O) groups excluding carboxylic acids is 1. The Hall–Kier alpha value is -2.87. The fraction of sp³-hybridized carbons (Fsp3) is 0.375. The predicted octanol–water partition coefficient (Wildman–Crippen LogP) is 4.72. The molecule has 1 atom stereocenters. The fourth-order valence-corrected chi connectivity index (χ4v) is 4.68. The van der Waals surface area contributed by atoms with E-state index < -0.39 is 5.82 Å². The Morgan fingerprint density at radius 2 is 1.81 bits per heavy atom. The topological polar surface area (TPSA) is 60.3 Å². The molecule has 0 radical (unpaired) electrons. The molecule has 4 rings (SSSR count). The van der Waals surface area contributed by atoms with Crippen LogP contribution in [0.5, 0.6) is 5.75 Å². The maximum atomic E-state index is 14.0. The largest absolute Gasteiger partial charge is 0.483 e. The lowest BCUT2D eigenvalue weighted by Gasteiger charge is -2.32. The van der Waals surface area contributed by atoms with E-state index >= 15 is 0 Å². The van der Waals surface area contributed by atoms with Crippen molar-refractivity contribution in [2.75, 3.05) is 13.1 Å². The number of halogens is 1. The monoisotopic (exact) mass is 454 g/mol. The van der Waals surface area contributed by atoms with Gasteiger partial charge in [-0.15, -0.1) is 10.2 Å². The second-order valence-electron chi connectivity index (χ2n) is 8.06. The Labute approximate surface area is 191 Å². The Kier molecular flexibility index (Phi) is 7.09. The second-order valence-corrected chi connectivity index (χ2v) is 9.36. The normalized spacial score (nSPS) is 15.5. The van der Waals surface area contributed by atoms with E-state index in [1.165, 1.54) is 17.8 Å². The molecule has 1 amide bonds. The number of thioether (sulfide) groups is 1. The first-order valence-corrected chi connectivity index (χ1v) is 11.7. The molecule has 0 spiro atoms. The molecule has 1 fully saturated rings. The van der Waals surface area contributed by atoms with Gasteiger partial charge in [0.1, 0.15) is 6.61 Å². The van der Waals surface area contributed by atoms with E-state index in [-0.39, 0.29) is 23.5 Å². The highest BCUT2D eigenvalue weighted by Gasteiger charge is 2.27. The molecule has 0 bridgehead atoms. The fourth-order valence-electron chi connectivity index (χ4n) is 3.71. The zero-order valence-corrected chi connectivity index (χ0v) is 19.1. The van der Waals surface area contributed by atoms with Crippen molar-refractivity contribution in [1.82, 2.24) is 19.7 Å². The smallest absolute Gasteiger partial charge is 0.235 e. The first-order chi connectivity index (χ1) is 15.5. The average molecular weight is 455 g/mol. The standard InChI is InChI=1S/C24H27FN4O2S/c1-17-12-14-28(15-13-17)23(30)18(2)32-24-27-26-22(29(24)19-8-4-3-5-9-19)16-31-21-11-7-6-10-20(21)25/h3-11,17-18H,12-16H2,1-2H3/t18-/m0/s1. The van der Waals surface area contributed by atoms with Crippen molar-refractivity contribution >= 4 is 17.7 Å². The van der Waals surface area contributed by atoms with Crippen molar-refractivity contribution in [3.8, 4) is 11.4 Å². The minimum Gasteiger partial charge on any atom is -0.483 e. The van der Waals surface area contributed by atoms with Crippen LogP contribution in [0, 0.1) is 11.7 Å². The van der Waals surface area contributed by atoms with Gasteiger partial charge in [0.15, 0.2) is 22.5 Å². The number of piperidine rings is 1. The number of para-hydroxylation sites is 2. The van der Waals surface area contributed by atoms with Gasteiger partial charge >= 0.3 is 0 Å². The summed E-state index contributed by atoms with van der Waals surface area (Å²) in [6.07, 6.45) is 2.09. The van der Waals surface area contributed by atoms with Gasteiger partial charge in [-0.1, -0.05) is 49.0 Å². The maximum absolute atomic E-state index is 14.0. The zero-order chi connectivity index (χ0) is 22.5. The van der Waals surface area contributed by atoms with E-state index in [1.807, 2.05) is 46.7 Å². The van der Waals surface area contributed by atoms with E-state index in [2.05, 4.69) is 17.1 Å².